The van der Waals surface area contributed by atoms with E-state index in [4.69, 9.17) is 17.4 Å². The second-order valence-electron chi connectivity index (χ2n) is 4.81. The minimum atomic E-state index is -4.12. The van der Waals surface area contributed by atoms with Crippen molar-refractivity contribution in [3.8, 4) is 0 Å². The van der Waals surface area contributed by atoms with Crippen molar-refractivity contribution in [3.63, 3.8) is 0 Å². The van der Waals surface area contributed by atoms with E-state index in [1.54, 1.807) is 0 Å². The molecule has 9 nitrogen and oxygen atoms in total. The first-order valence-electron chi connectivity index (χ1n) is 6.67. The van der Waals surface area contributed by atoms with E-state index in [1.165, 1.54) is 0 Å². The molecule has 0 amide bonds. The molecule has 2 aromatic rings. The highest BCUT2D eigenvalue weighted by atomic mass is 32.2. The first kappa shape index (κ1) is 19.4. The number of thiocarbonyl (C=S) groups is 1. The van der Waals surface area contributed by atoms with Crippen LogP contribution in [0, 0.1) is 21.7 Å². The SMILES string of the molecule is NS(=O)(=O)c1ccc(NNC(=S)Nc2ccc(F)cc2F)c([N+](=O)[O-])c1. The Morgan fingerprint density at radius 1 is 1.15 bits per heavy atom. The first-order valence-corrected chi connectivity index (χ1v) is 8.62. The lowest BCUT2D eigenvalue weighted by Crippen LogP contribution is -2.33. The molecule has 0 aromatic heterocycles. The Hall–Kier alpha value is -2.90. The molecule has 0 bridgehead atoms. The van der Waals surface area contributed by atoms with Crippen molar-refractivity contribution in [3.05, 3.63) is 58.1 Å². The number of nitrogens with one attached hydrogen (secondary N) is 3. The lowest BCUT2D eigenvalue weighted by molar-refractivity contribution is -0.384. The quantitative estimate of drug-likeness (QED) is 0.337. The Labute approximate surface area is 151 Å². The first-order chi connectivity index (χ1) is 12.1. The average Bonchev–Trinajstić information content (AvgIpc) is 2.54. The summed E-state index contributed by atoms with van der Waals surface area (Å²) in [5.41, 5.74) is 3.94. The highest BCUT2D eigenvalue weighted by Crippen LogP contribution is 2.26. The molecule has 0 spiro atoms. The summed E-state index contributed by atoms with van der Waals surface area (Å²) in [6.07, 6.45) is 0. The summed E-state index contributed by atoms with van der Waals surface area (Å²) in [6.45, 7) is 0. The molecule has 2 rings (SSSR count). The summed E-state index contributed by atoms with van der Waals surface area (Å²) < 4.78 is 48.9. The number of primary sulfonamides is 1. The molecular weight excluding hydrogens is 392 g/mol. The van der Waals surface area contributed by atoms with E-state index in [1.807, 2.05) is 0 Å². The fraction of sp³-hybridized carbons (Fsp3) is 0. The summed E-state index contributed by atoms with van der Waals surface area (Å²) in [5.74, 6) is -1.66. The molecule has 0 saturated carbocycles. The summed E-state index contributed by atoms with van der Waals surface area (Å²) in [6, 6.07) is 5.71. The topological polar surface area (TPSA) is 139 Å². The van der Waals surface area contributed by atoms with Crippen molar-refractivity contribution in [1.29, 1.82) is 0 Å². The van der Waals surface area contributed by atoms with Crippen molar-refractivity contribution in [2.45, 2.75) is 4.90 Å². The third kappa shape index (κ3) is 4.81. The fourth-order valence-corrected chi connectivity index (χ4v) is 2.51. The van der Waals surface area contributed by atoms with Crippen LogP contribution in [0.4, 0.5) is 25.8 Å². The monoisotopic (exact) mass is 403 g/mol. The second kappa shape index (κ2) is 7.55. The van der Waals surface area contributed by atoms with Gasteiger partial charge in [-0.2, -0.15) is 0 Å². The van der Waals surface area contributed by atoms with Crippen LogP contribution in [0.2, 0.25) is 0 Å². The summed E-state index contributed by atoms with van der Waals surface area (Å²) in [5, 5.41) is 18.3. The maximum atomic E-state index is 13.5. The van der Waals surface area contributed by atoms with Crippen LogP contribution < -0.4 is 21.3 Å². The van der Waals surface area contributed by atoms with Crippen LogP contribution in [0.5, 0.6) is 0 Å². The fourth-order valence-electron chi connectivity index (χ4n) is 1.81. The lowest BCUT2D eigenvalue weighted by atomic mass is 10.3. The molecular formula is C13H11F2N5O4S2. The maximum absolute atomic E-state index is 13.5. The molecule has 0 heterocycles. The number of nitrogens with two attached hydrogens (primary N) is 1. The van der Waals surface area contributed by atoms with Gasteiger partial charge >= 0.3 is 0 Å². The smallest absolute Gasteiger partial charge is 0.295 e. The molecule has 0 aliphatic rings. The van der Waals surface area contributed by atoms with E-state index < -0.39 is 37.2 Å². The van der Waals surface area contributed by atoms with Crippen LogP contribution >= 0.6 is 12.2 Å². The van der Waals surface area contributed by atoms with Crippen molar-refractivity contribution in [2.24, 2.45) is 5.14 Å². The second-order valence-corrected chi connectivity index (χ2v) is 6.78. The minimum Gasteiger partial charge on any atom is -0.329 e. The van der Waals surface area contributed by atoms with Crippen molar-refractivity contribution < 1.29 is 22.1 Å². The highest BCUT2D eigenvalue weighted by molar-refractivity contribution is 7.89. The number of hydrogen-bond acceptors (Lipinski definition) is 6. The summed E-state index contributed by atoms with van der Waals surface area (Å²) >= 11 is 4.89. The van der Waals surface area contributed by atoms with Crippen LogP contribution in [-0.2, 0) is 10.0 Å². The molecule has 26 heavy (non-hydrogen) atoms. The molecule has 0 atom stereocenters. The van der Waals surface area contributed by atoms with Gasteiger partial charge in [0.2, 0.25) is 10.0 Å². The number of nitrogens with zero attached hydrogens (tertiary/aromatic N) is 1. The van der Waals surface area contributed by atoms with Crippen LogP contribution in [0.15, 0.2) is 41.3 Å². The Balaban J connectivity index is 2.13. The Morgan fingerprint density at radius 2 is 1.81 bits per heavy atom. The predicted octanol–water partition coefficient (Wildman–Crippen LogP) is 1.83. The van der Waals surface area contributed by atoms with Crippen LogP contribution in [0.1, 0.15) is 0 Å². The van der Waals surface area contributed by atoms with Crippen molar-refractivity contribution in [2.75, 3.05) is 10.7 Å². The van der Waals surface area contributed by atoms with E-state index in [0.717, 1.165) is 30.3 Å². The van der Waals surface area contributed by atoms with Gasteiger partial charge < -0.3 is 5.32 Å². The highest BCUT2D eigenvalue weighted by Gasteiger charge is 2.19. The molecule has 0 aliphatic carbocycles. The van der Waals surface area contributed by atoms with Crippen LogP contribution in [0.25, 0.3) is 0 Å². The van der Waals surface area contributed by atoms with E-state index in [2.05, 4.69) is 16.2 Å². The maximum Gasteiger partial charge on any atom is 0.295 e. The van der Waals surface area contributed by atoms with E-state index in [-0.39, 0.29) is 16.5 Å². The Kier molecular flexibility index (Phi) is 5.64. The third-order valence-corrected chi connectivity index (χ3v) is 4.10. The Bertz CT molecular complexity index is 984. The number of halogens is 2. The van der Waals surface area contributed by atoms with Crippen molar-refractivity contribution in [1.82, 2.24) is 5.43 Å². The molecule has 0 unspecified atom stereocenters. The zero-order valence-electron chi connectivity index (χ0n) is 12.7. The average molecular weight is 403 g/mol. The summed E-state index contributed by atoms with van der Waals surface area (Å²) in [7, 11) is -4.12. The molecule has 0 saturated heterocycles. The van der Waals surface area contributed by atoms with E-state index in [9.17, 15) is 27.3 Å². The molecule has 0 radical (unpaired) electrons. The number of nitro benzene ring substituents is 1. The minimum absolute atomic E-state index is 0.119. The number of hydrogen-bond donors (Lipinski definition) is 4. The standard InChI is InChI=1S/C13H11F2N5O4S2/c14-7-1-3-10(9(15)5-7)17-13(25)19-18-11-4-2-8(26(16,23)24)6-12(11)20(21)22/h1-6,18H,(H2,16,23,24)(H2,17,19,25). The zero-order valence-corrected chi connectivity index (χ0v) is 14.3. The van der Waals surface area contributed by atoms with Gasteiger partial charge in [-0.05, 0) is 36.5 Å². The van der Waals surface area contributed by atoms with Gasteiger partial charge in [0.25, 0.3) is 5.69 Å². The number of anilines is 2. The largest absolute Gasteiger partial charge is 0.329 e. The van der Waals surface area contributed by atoms with Gasteiger partial charge in [-0.15, -0.1) is 0 Å². The summed E-state index contributed by atoms with van der Waals surface area (Å²) in [4.78, 5) is 9.82. The molecule has 2 aromatic carbocycles. The molecule has 5 N–H and O–H groups in total. The molecule has 0 fully saturated rings. The lowest BCUT2D eigenvalue weighted by Gasteiger charge is -2.13. The normalized spacial score (nSPS) is 10.9. The number of benzene rings is 2. The van der Waals surface area contributed by atoms with Gasteiger partial charge in [-0.3, -0.25) is 21.0 Å². The van der Waals surface area contributed by atoms with Gasteiger partial charge in [0.1, 0.15) is 17.3 Å². The number of hydrazine groups is 1. The van der Waals surface area contributed by atoms with Gasteiger partial charge in [0.05, 0.1) is 15.5 Å². The van der Waals surface area contributed by atoms with E-state index in [0.29, 0.717) is 6.07 Å². The van der Waals surface area contributed by atoms with Gasteiger partial charge in [-0.1, -0.05) is 0 Å². The molecule has 13 heteroatoms. The zero-order chi connectivity index (χ0) is 19.5. The van der Waals surface area contributed by atoms with Crippen molar-refractivity contribution >= 4 is 44.4 Å². The molecule has 0 aliphatic heterocycles. The predicted molar refractivity (Wildman–Crippen MR) is 93.8 cm³/mol. The van der Waals surface area contributed by atoms with Gasteiger partial charge in [0, 0.05) is 12.1 Å². The number of sulfonamides is 1. The molecule has 138 valence electrons. The van der Waals surface area contributed by atoms with Crippen LogP contribution in [-0.4, -0.2) is 18.5 Å². The third-order valence-electron chi connectivity index (χ3n) is 2.98. The van der Waals surface area contributed by atoms with E-state index >= 15 is 0 Å². The Morgan fingerprint density at radius 3 is 2.38 bits per heavy atom. The number of nitro groups is 1. The van der Waals surface area contributed by atoms with Gasteiger partial charge in [0.15, 0.2) is 5.11 Å². The van der Waals surface area contributed by atoms with Crippen LogP contribution in [0.3, 0.4) is 0 Å². The van der Waals surface area contributed by atoms with Gasteiger partial charge in [-0.25, -0.2) is 22.3 Å². The number of rotatable bonds is 5.